The molecule has 0 aliphatic carbocycles. The highest BCUT2D eigenvalue weighted by Crippen LogP contribution is 2.31. The van der Waals surface area contributed by atoms with Gasteiger partial charge in [-0.3, -0.25) is 0 Å². The van der Waals surface area contributed by atoms with Gasteiger partial charge in [0, 0.05) is 38.0 Å². The van der Waals surface area contributed by atoms with Crippen molar-refractivity contribution in [1.29, 1.82) is 0 Å². The van der Waals surface area contributed by atoms with Crippen LogP contribution in [0.4, 0.5) is 5.69 Å². The van der Waals surface area contributed by atoms with Crippen LogP contribution in [0.5, 0.6) is 5.75 Å². The number of nitrogens with two attached hydrogens (primary N) is 2. The summed E-state index contributed by atoms with van der Waals surface area (Å²) in [4.78, 5) is 2.25. The third kappa shape index (κ3) is 2.41. The van der Waals surface area contributed by atoms with Crippen molar-refractivity contribution in [2.45, 2.75) is 24.6 Å². The van der Waals surface area contributed by atoms with E-state index in [2.05, 4.69) is 23.1 Å². The summed E-state index contributed by atoms with van der Waals surface area (Å²) in [5, 5.41) is 0. The Morgan fingerprint density at radius 2 is 2.16 bits per heavy atom. The molecule has 1 aromatic carbocycles. The fourth-order valence-electron chi connectivity index (χ4n) is 2.84. The molecule has 1 saturated heterocycles. The molecule has 5 heteroatoms. The minimum atomic E-state index is 0.0652. The lowest BCUT2D eigenvalue weighted by atomic mass is 10.0. The lowest BCUT2D eigenvalue weighted by Gasteiger charge is -2.25. The predicted octanol–water partition coefficient (Wildman–Crippen LogP) is 0.111. The summed E-state index contributed by atoms with van der Waals surface area (Å²) < 4.78 is 11.1. The van der Waals surface area contributed by atoms with Gasteiger partial charge in [-0.2, -0.15) is 0 Å². The highest BCUT2D eigenvalue weighted by atomic mass is 16.5. The first-order chi connectivity index (χ1) is 9.17. The minimum Gasteiger partial charge on any atom is -0.492 e. The van der Waals surface area contributed by atoms with E-state index in [4.69, 9.17) is 20.9 Å². The van der Waals surface area contributed by atoms with Gasteiger partial charge in [0.15, 0.2) is 0 Å². The quantitative estimate of drug-likeness (QED) is 0.792. The maximum atomic E-state index is 6.06. The lowest BCUT2D eigenvalue weighted by molar-refractivity contribution is 0.108. The van der Waals surface area contributed by atoms with Crippen LogP contribution in [-0.4, -0.2) is 45.0 Å². The van der Waals surface area contributed by atoms with Crippen LogP contribution >= 0.6 is 0 Å². The molecular weight excluding hydrogens is 242 g/mol. The molecule has 3 atom stereocenters. The molecular formula is C14H21N3O2. The van der Waals surface area contributed by atoms with E-state index in [0.717, 1.165) is 30.9 Å². The Kier molecular flexibility index (Phi) is 3.35. The van der Waals surface area contributed by atoms with E-state index in [1.54, 1.807) is 7.11 Å². The van der Waals surface area contributed by atoms with E-state index in [-0.39, 0.29) is 18.2 Å². The normalized spacial score (nSPS) is 30.1. The van der Waals surface area contributed by atoms with Crippen molar-refractivity contribution in [2.24, 2.45) is 11.5 Å². The van der Waals surface area contributed by atoms with Crippen LogP contribution in [0.25, 0.3) is 0 Å². The van der Waals surface area contributed by atoms with Crippen molar-refractivity contribution in [3.8, 4) is 5.75 Å². The van der Waals surface area contributed by atoms with Crippen molar-refractivity contribution in [3.63, 3.8) is 0 Å². The van der Waals surface area contributed by atoms with Gasteiger partial charge in [-0.15, -0.1) is 0 Å². The maximum Gasteiger partial charge on any atom is 0.124 e. The molecule has 2 aliphatic heterocycles. The molecule has 5 nitrogen and oxygen atoms in total. The molecule has 3 rings (SSSR count). The third-order valence-electron chi connectivity index (χ3n) is 3.96. The highest BCUT2D eigenvalue weighted by Gasteiger charge is 2.30. The van der Waals surface area contributed by atoms with Crippen LogP contribution in [0.15, 0.2) is 18.2 Å². The molecule has 0 radical (unpaired) electrons. The topological polar surface area (TPSA) is 73.7 Å². The number of hydrogen-bond donors (Lipinski definition) is 2. The first-order valence-electron chi connectivity index (χ1n) is 6.72. The van der Waals surface area contributed by atoms with Gasteiger partial charge in [0.05, 0.1) is 12.1 Å². The summed E-state index contributed by atoms with van der Waals surface area (Å²) in [5.41, 5.74) is 14.3. The van der Waals surface area contributed by atoms with Crippen LogP contribution in [-0.2, 0) is 11.2 Å². The molecule has 19 heavy (non-hydrogen) atoms. The fourth-order valence-corrected chi connectivity index (χ4v) is 2.84. The molecule has 2 aliphatic rings. The average Bonchev–Trinajstić information content (AvgIpc) is 2.79. The Bertz CT molecular complexity index is 466. The zero-order chi connectivity index (χ0) is 13.4. The Labute approximate surface area is 113 Å². The summed E-state index contributed by atoms with van der Waals surface area (Å²) in [6.07, 6.45) is 0.987. The van der Waals surface area contributed by atoms with Crippen molar-refractivity contribution in [3.05, 3.63) is 23.8 Å². The standard InChI is InChI=1S/C14H21N3O2/c1-18-14-7-17(6-12(14)16)11-3-2-9-4-10(15)8-19-13(9)5-11/h2-3,5,10,12,14H,4,6-8,15-16H2,1H3/t10-,12+,14+/m1/s1. The largest absolute Gasteiger partial charge is 0.492 e. The van der Waals surface area contributed by atoms with E-state index < -0.39 is 0 Å². The smallest absolute Gasteiger partial charge is 0.124 e. The first-order valence-corrected chi connectivity index (χ1v) is 6.72. The zero-order valence-corrected chi connectivity index (χ0v) is 11.2. The SMILES string of the molecule is CO[C@H]1CN(c2ccc3c(c2)OC[C@H](N)C3)C[C@@H]1N. The Balaban J connectivity index is 1.80. The molecule has 0 bridgehead atoms. The molecule has 4 N–H and O–H groups in total. The molecule has 0 spiro atoms. The van der Waals surface area contributed by atoms with Gasteiger partial charge >= 0.3 is 0 Å². The van der Waals surface area contributed by atoms with Gasteiger partial charge in [-0.25, -0.2) is 0 Å². The molecule has 0 aromatic heterocycles. The highest BCUT2D eigenvalue weighted by molar-refractivity contribution is 5.55. The van der Waals surface area contributed by atoms with Crippen LogP contribution in [0.2, 0.25) is 0 Å². The van der Waals surface area contributed by atoms with Crippen LogP contribution < -0.4 is 21.1 Å². The second kappa shape index (κ2) is 5.00. The van der Waals surface area contributed by atoms with E-state index in [1.165, 1.54) is 5.56 Å². The van der Waals surface area contributed by atoms with Gasteiger partial charge in [0.25, 0.3) is 0 Å². The molecule has 0 saturated carbocycles. The van der Waals surface area contributed by atoms with Crippen LogP contribution in [0.1, 0.15) is 5.56 Å². The Morgan fingerprint density at radius 3 is 2.89 bits per heavy atom. The van der Waals surface area contributed by atoms with E-state index in [0.29, 0.717) is 6.61 Å². The van der Waals surface area contributed by atoms with Crippen LogP contribution in [0.3, 0.4) is 0 Å². The number of methoxy groups -OCH3 is 1. The number of hydrogen-bond acceptors (Lipinski definition) is 5. The van der Waals surface area contributed by atoms with Crippen molar-refractivity contribution in [1.82, 2.24) is 0 Å². The summed E-state index contributed by atoms with van der Waals surface area (Å²) >= 11 is 0. The number of fused-ring (bicyclic) bond motifs is 1. The zero-order valence-electron chi connectivity index (χ0n) is 11.2. The Morgan fingerprint density at radius 1 is 1.32 bits per heavy atom. The Hall–Kier alpha value is -1.30. The van der Waals surface area contributed by atoms with Gasteiger partial charge in [-0.05, 0) is 18.1 Å². The molecule has 2 heterocycles. The lowest BCUT2D eigenvalue weighted by Crippen LogP contribution is -2.34. The number of nitrogens with zero attached hydrogens (tertiary/aromatic N) is 1. The summed E-state index contributed by atoms with van der Waals surface area (Å²) in [7, 11) is 1.71. The van der Waals surface area contributed by atoms with Gasteiger partial charge < -0.3 is 25.8 Å². The average molecular weight is 263 g/mol. The molecule has 0 unspecified atom stereocenters. The fraction of sp³-hybridized carbons (Fsp3) is 0.571. The first kappa shape index (κ1) is 12.7. The minimum absolute atomic E-state index is 0.0652. The summed E-state index contributed by atoms with van der Waals surface area (Å²) in [6.45, 7) is 2.24. The molecule has 1 fully saturated rings. The number of benzene rings is 1. The monoisotopic (exact) mass is 263 g/mol. The van der Waals surface area contributed by atoms with Gasteiger partial charge in [0.1, 0.15) is 12.4 Å². The van der Waals surface area contributed by atoms with E-state index >= 15 is 0 Å². The number of rotatable bonds is 2. The second-order valence-corrected chi connectivity index (χ2v) is 5.41. The third-order valence-corrected chi connectivity index (χ3v) is 3.96. The number of ether oxygens (including phenoxy) is 2. The van der Waals surface area contributed by atoms with Crippen molar-refractivity contribution in [2.75, 3.05) is 31.7 Å². The molecule has 104 valence electrons. The number of anilines is 1. The molecule has 0 amide bonds. The van der Waals surface area contributed by atoms with Gasteiger partial charge in [0.2, 0.25) is 0 Å². The van der Waals surface area contributed by atoms with Crippen LogP contribution in [0, 0.1) is 0 Å². The van der Waals surface area contributed by atoms with Gasteiger partial charge in [-0.1, -0.05) is 6.07 Å². The summed E-state index contributed by atoms with van der Waals surface area (Å²) in [5.74, 6) is 0.952. The van der Waals surface area contributed by atoms with Crippen molar-refractivity contribution < 1.29 is 9.47 Å². The second-order valence-electron chi connectivity index (χ2n) is 5.41. The van der Waals surface area contributed by atoms with Crippen molar-refractivity contribution >= 4 is 5.69 Å². The van der Waals surface area contributed by atoms with E-state index in [1.807, 2.05) is 0 Å². The maximum absolute atomic E-state index is 6.06. The van der Waals surface area contributed by atoms with E-state index in [9.17, 15) is 0 Å². The predicted molar refractivity (Wildman–Crippen MR) is 74.6 cm³/mol. The summed E-state index contributed by atoms with van der Waals surface area (Å²) in [6, 6.07) is 6.48. The molecule has 1 aromatic rings.